The van der Waals surface area contributed by atoms with Crippen molar-refractivity contribution in [1.29, 1.82) is 0 Å². The van der Waals surface area contributed by atoms with Crippen LogP contribution in [0.3, 0.4) is 0 Å². The van der Waals surface area contributed by atoms with Gasteiger partial charge in [-0.05, 0) is 36.6 Å². The average Bonchev–Trinajstić information content (AvgIpc) is 2.61. The Balaban J connectivity index is 0.000000593. The molecule has 1 amide bonds. The van der Waals surface area contributed by atoms with Crippen molar-refractivity contribution in [3.8, 4) is 0 Å². The Morgan fingerprint density at radius 2 is 2.04 bits per heavy atom. The van der Waals surface area contributed by atoms with Crippen molar-refractivity contribution in [2.24, 2.45) is 5.84 Å². The number of hydrogen-bond acceptors (Lipinski definition) is 5. The number of carbonyl (C=O) groups excluding carboxylic acids is 1. The van der Waals surface area contributed by atoms with Crippen molar-refractivity contribution in [2.45, 2.75) is 30.9 Å². The minimum absolute atomic E-state index is 0.403. The van der Waals surface area contributed by atoms with Crippen LogP contribution in [-0.4, -0.2) is 18.4 Å². The van der Waals surface area contributed by atoms with Crippen LogP contribution in [0.5, 0.6) is 0 Å². The van der Waals surface area contributed by atoms with Gasteiger partial charge < -0.3 is 5.32 Å². The molecule has 0 saturated carbocycles. The highest BCUT2D eigenvalue weighted by Gasteiger charge is 2.07. The summed E-state index contributed by atoms with van der Waals surface area (Å²) in [4.78, 5) is 14.7. The van der Waals surface area contributed by atoms with E-state index >= 15 is 0 Å². The molecule has 0 saturated heterocycles. The van der Waals surface area contributed by atoms with E-state index in [2.05, 4.69) is 60.3 Å². The van der Waals surface area contributed by atoms with E-state index in [4.69, 9.17) is 4.79 Å². The quantitative estimate of drug-likeness (QED) is 0.249. The number of nitrogens with one attached hydrogen (secondary N) is 2. The molecule has 0 unspecified atom stereocenters. The summed E-state index contributed by atoms with van der Waals surface area (Å²) in [5.41, 5.74) is 6.68. The Bertz CT molecular complexity index is 580. The van der Waals surface area contributed by atoms with Crippen molar-refractivity contribution in [3.63, 3.8) is 0 Å². The largest absolute Gasteiger partial charge is 0.387 e. The number of thioether (sulfide) groups is 1. The van der Waals surface area contributed by atoms with Gasteiger partial charge in [0, 0.05) is 29.6 Å². The summed E-state index contributed by atoms with van der Waals surface area (Å²) in [6.45, 7) is 4.26. The van der Waals surface area contributed by atoms with E-state index in [1.54, 1.807) is 5.43 Å². The van der Waals surface area contributed by atoms with Crippen molar-refractivity contribution in [3.05, 3.63) is 53.3 Å². The first kappa shape index (κ1) is 19.0. The normalized spacial score (nSPS) is 9.57. The first-order valence-electron chi connectivity index (χ1n) is 7.40. The number of hydrogen-bond donors (Lipinski definition) is 3. The topological polar surface area (TPSA) is 80.0 Å². The molecular formula is C17H24N4OS. The molecule has 0 atom stereocenters. The fourth-order valence-corrected chi connectivity index (χ4v) is 3.15. The fourth-order valence-electron chi connectivity index (χ4n) is 1.96. The van der Waals surface area contributed by atoms with Crippen LogP contribution in [0, 0.1) is 6.92 Å². The minimum atomic E-state index is 0.403. The third-order valence-corrected chi connectivity index (χ3v) is 4.36. The Hall–Kier alpha value is -2.05. The molecule has 0 fully saturated rings. The van der Waals surface area contributed by atoms with E-state index < -0.39 is 0 Å². The Morgan fingerprint density at radius 3 is 2.57 bits per heavy atom. The minimum Gasteiger partial charge on any atom is -0.387 e. The number of carbonyl (C=O) groups is 1. The average molecular weight is 332 g/mol. The number of anilines is 1. The van der Waals surface area contributed by atoms with Gasteiger partial charge >= 0.3 is 0 Å². The molecule has 1 aromatic heterocycles. The second-order valence-electron chi connectivity index (χ2n) is 4.80. The Morgan fingerprint density at radius 1 is 1.30 bits per heavy atom. The van der Waals surface area contributed by atoms with E-state index in [9.17, 15) is 0 Å². The first-order chi connectivity index (χ1) is 11.2. The summed E-state index contributed by atoms with van der Waals surface area (Å²) < 4.78 is 0. The van der Waals surface area contributed by atoms with Gasteiger partial charge in [-0.3, -0.25) is 15.2 Å². The van der Waals surface area contributed by atoms with Crippen LogP contribution in [0.15, 0.2) is 41.4 Å². The number of nitrogens with zero attached hydrogens (tertiary/aromatic N) is 1. The number of hydrazine groups is 1. The summed E-state index contributed by atoms with van der Waals surface area (Å²) in [7, 11) is 1.98. The molecular weight excluding hydrogens is 308 g/mol. The molecule has 1 aromatic carbocycles. The summed E-state index contributed by atoms with van der Waals surface area (Å²) in [5, 5.41) is 3.27. The van der Waals surface area contributed by atoms with Gasteiger partial charge in [-0.15, -0.1) is 11.8 Å². The number of aromatic nitrogens is 1. The van der Waals surface area contributed by atoms with Gasteiger partial charge in [0.25, 0.3) is 0 Å². The molecule has 6 heteroatoms. The molecule has 0 aliphatic heterocycles. The molecule has 4 N–H and O–H groups in total. The van der Waals surface area contributed by atoms with E-state index in [1.165, 1.54) is 21.7 Å². The zero-order valence-corrected chi connectivity index (χ0v) is 14.6. The lowest BCUT2D eigenvalue weighted by Crippen LogP contribution is -2.18. The Labute approximate surface area is 142 Å². The maximum atomic E-state index is 8.94. The van der Waals surface area contributed by atoms with Crippen molar-refractivity contribution < 1.29 is 4.79 Å². The molecule has 2 rings (SSSR count). The Kier molecular flexibility index (Phi) is 8.79. The highest BCUT2D eigenvalue weighted by atomic mass is 32.2. The molecule has 23 heavy (non-hydrogen) atoms. The zero-order chi connectivity index (χ0) is 17.1. The van der Waals surface area contributed by atoms with Crippen LogP contribution in [0.4, 0.5) is 5.69 Å². The van der Waals surface area contributed by atoms with Crippen LogP contribution in [0.2, 0.25) is 0 Å². The van der Waals surface area contributed by atoms with Gasteiger partial charge in [0.15, 0.2) is 0 Å². The predicted molar refractivity (Wildman–Crippen MR) is 97.3 cm³/mol. The summed E-state index contributed by atoms with van der Waals surface area (Å²) >= 11 is 1.86. The van der Waals surface area contributed by atoms with Crippen LogP contribution in [0.25, 0.3) is 0 Å². The molecule has 0 aliphatic rings. The third-order valence-electron chi connectivity index (χ3n) is 3.15. The summed E-state index contributed by atoms with van der Waals surface area (Å²) in [6.07, 6.45) is 3.39. The lowest BCUT2D eigenvalue weighted by atomic mass is 10.1. The smallest absolute Gasteiger partial charge is 0.221 e. The number of rotatable bonds is 6. The van der Waals surface area contributed by atoms with Gasteiger partial charge in [0.1, 0.15) is 0 Å². The molecule has 0 radical (unpaired) electrons. The van der Waals surface area contributed by atoms with Gasteiger partial charge in [-0.2, -0.15) is 0 Å². The molecule has 0 aliphatic carbocycles. The number of pyridine rings is 1. The SMILES string of the molecule is CCc1cccc(NC)c1SCc1ccc(C)cn1.NNC=O. The van der Waals surface area contributed by atoms with E-state index in [1.807, 2.05) is 25.0 Å². The van der Waals surface area contributed by atoms with Crippen LogP contribution in [0.1, 0.15) is 23.7 Å². The molecule has 5 nitrogen and oxygen atoms in total. The fraction of sp³-hybridized carbons (Fsp3) is 0.294. The lowest BCUT2D eigenvalue weighted by molar-refractivity contribution is -0.109. The van der Waals surface area contributed by atoms with Gasteiger partial charge in [0.2, 0.25) is 6.41 Å². The number of aryl methyl sites for hydroxylation is 2. The number of amides is 1. The van der Waals surface area contributed by atoms with Gasteiger partial charge in [-0.1, -0.05) is 25.1 Å². The highest BCUT2D eigenvalue weighted by Crippen LogP contribution is 2.33. The zero-order valence-electron chi connectivity index (χ0n) is 13.8. The van der Waals surface area contributed by atoms with Crippen molar-refractivity contribution in [1.82, 2.24) is 10.4 Å². The number of nitrogens with two attached hydrogens (primary N) is 1. The van der Waals surface area contributed by atoms with Crippen LogP contribution in [-0.2, 0) is 17.0 Å². The first-order valence-corrected chi connectivity index (χ1v) is 8.38. The molecule has 124 valence electrons. The van der Waals surface area contributed by atoms with Gasteiger partial charge in [0.05, 0.1) is 5.69 Å². The predicted octanol–water partition coefficient (Wildman–Crippen LogP) is 2.89. The maximum Gasteiger partial charge on any atom is 0.221 e. The van der Waals surface area contributed by atoms with E-state index in [-0.39, 0.29) is 0 Å². The number of benzene rings is 1. The highest BCUT2D eigenvalue weighted by molar-refractivity contribution is 7.98. The van der Waals surface area contributed by atoms with E-state index in [0.29, 0.717) is 6.41 Å². The standard InChI is InChI=1S/C16H20N2S.CH4N2O/c1-4-13-6-5-7-15(17-3)16(13)19-11-14-9-8-12(2)10-18-14;2-3-1-4/h5-10,17H,4,11H2,1-3H3;1H,2H2,(H,3,4). The maximum absolute atomic E-state index is 8.94. The second-order valence-corrected chi connectivity index (χ2v) is 5.78. The van der Waals surface area contributed by atoms with Crippen molar-refractivity contribution in [2.75, 3.05) is 12.4 Å². The molecule has 1 heterocycles. The molecule has 0 bridgehead atoms. The monoisotopic (exact) mass is 332 g/mol. The van der Waals surface area contributed by atoms with Crippen molar-refractivity contribution >= 4 is 23.9 Å². The third kappa shape index (κ3) is 6.30. The van der Waals surface area contributed by atoms with Crippen LogP contribution < -0.4 is 16.6 Å². The molecule has 2 aromatic rings. The summed E-state index contributed by atoms with van der Waals surface area (Å²) in [5.74, 6) is 5.32. The van der Waals surface area contributed by atoms with E-state index in [0.717, 1.165) is 17.9 Å². The summed E-state index contributed by atoms with van der Waals surface area (Å²) in [6, 6.07) is 10.7. The lowest BCUT2D eigenvalue weighted by Gasteiger charge is -2.13. The van der Waals surface area contributed by atoms with Gasteiger partial charge in [-0.25, -0.2) is 5.84 Å². The van der Waals surface area contributed by atoms with Crippen LogP contribution >= 0.6 is 11.8 Å². The molecule has 0 spiro atoms. The second kappa shape index (κ2) is 10.6.